The molecule has 3 rings (SSSR count). The van der Waals surface area contributed by atoms with Crippen LogP contribution in [0.2, 0.25) is 5.02 Å². The quantitative estimate of drug-likeness (QED) is 0.788. The molecule has 0 atom stereocenters. The number of hydrogen-bond donors (Lipinski definition) is 1. The Balaban J connectivity index is 2.04. The van der Waals surface area contributed by atoms with Crippen LogP contribution in [0, 0.1) is 5.92 Å². The highest BCUT2D eigenvalue weighted by Gasteiger charge is 2.10. The van der Waals surface area contributed by atoms with E-state index in [0.29, 0.717) is 5.92 Å². The predicted molar refractivity (Wildman–Crippen MR) is 86.8 cm³/mol. The first-order valence-corrected chi connectivity index (χ1v) is 7.35. The van der Waals surface area contributed by atoms with Gasteiger partial charge < -0.3 is 5.32 Å². The Morgan fingerprint density at radius 2 is 1.95 bits per heavy atom. The first kappa shape index (κ1) is 13.9. The maximum Gasteiger partial charge on any atom is 0.180 e. The summed E-state index contributed by atoms with van der Waals surface area (Å²) in [7, 11) is 0. The highest BCUT2D eigenvalue weighted by atomic mass is 35.5. The second-order valence-electron chi connectivity index (χ2n) is 5.39. The minimum Gasteiger partial charge on any atom is -0.367 e. The van der Waals surface area contributed by atoms with E-state index in [-0.39, 0.29) is 0 Å². The van der Waals surface area contributed by atoms with Crippen LogP contribution in [0.3, 0.4) is 0 Å². The topological polar surface area (TPSA) is 42.2 Å². The SMILES string of the molecule is CC(C)CNc1ncc(-c2ccc(Cl)cc2)n2ccnc12. The van der Waals surface area contributed by atoms with Crippen molar-refractivity contribution in [3.8, 4) is 11.3 Å². The molecule has 0 unspecified atom stereocenters. The standard InChI is InChI=1S/C16H17ClN4/c1-11(2)9-19-15-16-18-7-8-21(16)14(10-20-15)12-3-5-13(17)6-4-12/h3-8,10-11H,9H2,1-2H3,(H,19,20). The number of halogens is 1. The minimum atomic E-state index is 0.553. The molecule has 1 aromatic carbocycles. The summed E-state index contributed by atoms with van der Waals surface area (Å²) in [6, 6.07) is 7.73. The molecule has 0 radical (unpaired) electrons. The molecule has 108 valence electrons. The van der Waals surface area contributed by atoms with Gasteiger partial charge in [0, 0.05) is 29.5 Å². The zero-order valence-corrected chi connectivity index (χ0v) is 12.8. The second kappa shape index (κ2) is 5.74. The fourth-order valence-corrected chi connectivity index (χ4v) is 2.30. The largest absolute Gasteiger partial charge is 0.367 e. The number of fused-ring (bicyclic) bond motifs is 1. The van der Waals surface area contributed by atoms with E-state index in [4.69, 9.17) is 11.6 Å². The van der Waals surface area contributed by atoms with Gasteiger partial charge in [0.25, 0.3) is 0 Å². The third-order valence-corrected chi connectivity index (χ3v) is 3.50. The van der Waals surface area contributed by atoms with Crippen molar-refractivity contribution in [3.63, 3.8) is 0 Å². The van der Waals surface area contributed by atoms with Gasteiger partial charge in [-0.15, -0.1) is 0 Å². The second-order valence-corrected chi connectivity index (χ2v) is 5.83. The number of hydrogen-bond acceptors (Lipinski definition) is 3. The average Bonchev–Trinajstić information content (AvgIpc) is 2.95. The van der Waals surface area contributed by atoms with Gasteiger partial charge in [-0.2, -0.15) is 0 Å². The van der Waals surface area contributed by atoms with Crippen LogP contribution in [0.15, 0.2) is 42.9 Å². The Hall–Kier alpha value is -2.07. The summed E-state index contributed by atoms with van der Waals surface area (Å²) in [6.07, 6.45) is 5.60. The molecule has 3 aromatic rings. The predicted octanol–water partition coefficient (Wildman–Crippen LogP) is 4.12. The van der Waals surface area contributed by atoms with Crippen LogP contribution in [0.25, 0.3) is 16.9 Å². The van der Waals surface area contributed by atoms with E-state index < -0.39 is 0 Å². The average molecular weight is 301 g/mol. The summed E-state index contributed by atoms with van der Waals surface area (Å²) in [5.74, 6) is 1.36. The van der Waals surface area contributed by atoms with Crippen molar-refractivity contribution >= 4 is 23.1 Å². The molecule has 0 spiro atoms. The third-order valence-electron chi connectivity index (χ3n) is 3.25. The van der Waals surface area contributed by atoms with Crippen molar-refractivity contribution < 1.29 is 0 Å². The lowest BCUT2D eigenvalue weighted by Crippen LogP contribution is -2.10. The molecule has 2 heterocycles. The molecular formula is C16H17ClN4. The highest BCUT2D eigenvalue weighted by molar-refractivity contribution is 6.30. The van der Waals surface area contributed by atoms with Gasteiger partial charge >= 0.3 is 0 Å². The van der Waals surface area contributed by atoms with Gasteiger partial charge in [0.2, 0.25) is 0 Å². The van der Waals surface area contributed by atoms with Crippen LogP contribution in [0.4, 0.5) is 5.82 Å². The van der Waals surface area contributed by atoms with Crippen molar-refractivity contribution in [2.45, 2.75) is 13.8 Å². The van der Waals surface area contributed by atoms with Crippen LogP contribution in [0.1, 0.15) is 13.8 Å². The van der Waals surface area contributed by atoms with Crippen molar-refractivity contribution in [2.24, 2.45) is 5.92 Å². The van der Waals surface area contributed by atoms with E-state index in [2.05, 4.69) is 29.1 Å². The van der Waals surface area contributed by atoms with E-state index in [0.717, 1.165) is 34.3 Å². The first-order valence-electron chi connectivity index (χ1n) is 6.97. The van der Waals surface area contributed by atoms with Gasteiger partial charge in [-0.3, -0.25) is 4.40 Å². The van der Waals surface area contributed by atoms with Crippen LogP contribution in [-0.2, 0) is 0 Å². The molecule has 0 saturated carbocycles. The van der Waals surface area contributed by atoms with Crippen molar-refractivity contribution in [3.05, 3.63) is 47.9 Å². The van der Waals surface area contributed by atoms with E-state index >= 15 is 0 Å². The number of anilines is 1. The van der Waals surface area contributed by atoms with E-state index in [9.17, 15) is 0 Å². The molecule has 4 nitrogen and oxygen atoms in total. The molecule has 5 heteroatoms. The molecule has 0 fully saturated rings. The molecule has 0 aliphatic carbocycles. The van der Waals surface area contributed by atoms with Crippen LogP contribution in [0.5, 0.6) is 0 Å². The van der Waals surface area contributed by atoms with Gasteiger partial charge in [0.05, 0.1) is 11.9 Å². The Kier molecular flexibility index (Phi) is 3.80. The summed E-state index contributed by atoms with van der Waals surface area (Å²) in [6.45, 7) is 5.20. The van der Waals surface area contributed by atoms with Gasteiger partial charge in [0.15, 0.2) is 11.5 Å². The Bertz CT molecular complexity index is 747. The zero-order valence-electron chi connectivity index (χ0n) is 12.0. The number of nitrogens with zero attached hydrogens (tertiary/aromatic N) is 3. The van der Waals surface area contributed by atoms with Crippen LogP contribution < -0.4 is 5.32 Å². The molecule has 0 aliphatic rings. The monoisotopic (exact) mass is 300 g/mol. The summed E-state index contributed by atoms with van der Waals surface area (Å²) < 4.78 is 2.04. The maximum atomic E-state index is 5.95. The maximum absolute atomic E-state index is 5.95. The van der Waals surface area contributed by atoms with Gasteiger partial charge in [-0.1, -0.05) is 37.6 Å². The molecule has 0 bridgehead atoms. The van der Waals surface area contributed by atoms with Crippen molar-refractivity contribution in [1.82, 2.24) is 14.4 Å². The van der Waals surface area contributed by atoms with Crippen molar-refractivity contribution in [2.75, 3.05) is 11.9 Å². The van der Waals surface area contributed by atoms with E-state index in [1.807, 2.05) is 41.1 Å². The molecule has 0 amide bonds. The molecule has 0 aliphatic heterocycles. The van der Waals surface area contributed by atoms with E-state index in [1.54, 1.807) is 6.20 Å². The van der Waals surface area contributed by atoms with Gasteiger partial charge in [-0.05, 0) is 18.1 Å². The molecule has 1 N–H and O–H groups in total. The summed E-state index contributed by atoms with van der Waals surface area (Å²) in [5, 5.41) is 4.07. The molecular weight excluding hydrogens is 284 g/mol. The fourth-order valence-electron chi connectivity index (χ4n) is 2.18. The molecule has 21 heavy (non-hydrogen) atoms. The Labute approximate surface area is 128 Å². The van der Waals surface area contributed by atoms with Crippen molar-refractivity contribution in [1.29, 1.82) is 0 Å². The van der Waals surface area contributed by atoms with Crippen LogP contribution in [-0.4, -0.2) is 20.9 Å². The highest BCUT2D eigenvalue weighted by Crippen LogP contribution is 2.24. The number of benzene rings is 1. The Morgan fingerprint density at radius 3 is 2.67 bits per heavy atom. The number of aromatic nitrogens is 3. The summed E-state index contributed by atoms with van der Waals surface area (Å²) in [5.41, 5.74) is 2.89. The third kappa shape index (κ3) is 2.85. The number of nitrogens with one attached hydrogen (secondary N) is 1. The lowest BCUT2D eigenvalue weighted by Gasteiger charge is -2.11. The minimum absolute atomic E-state index is 0.553. The summed E-state index contributed by atoms with van der Waals surface area (Å²) in [4.78, 5) is 8.93. The van der Waals surface area contributed by atoms with Gasteiger partial charge in [0.1, 0.15) is 0 Å². The van der Waals surface area contributed by atoms with Crippen LogP contribution >= 0.6 is 11.6 Å². The normalized spacial score (nSPS) is 11.2. The Morgan fingerprint density at radius 1 is 1.19 bits per heavy atom. The number of rotatable bonds is 4. The number of imidazole rings is 1. The first-order chi connectivity index (χ1) is 10.1. The fraction of sp³-hybridized carbons (Fsp3) is 0.250. The summed E-state index contributed by atoms with van der Waals surface area (Å²) >= 11 is 5.95. The lowest BCUT2D eigenvalue weighted by molar-refractivity contribution is 0.687. The van der Waals surface area contributed by atoms with Gasteiger partial charge in [-0.25, -0.2) is 9.97 Å². The lowest BCUT2D eigenvalue weighted by atomic mass is 10.1. The smallest absolute Gasteiger partial charge is 0.180 e. The zero-order chi connectivity index (χ0) is 14.8. The van der Waals surface area contributed by atoms with E-state index in [1.165, 1.54) is 0 Å². The molecule has 0 saturated heterocycles. The molecule has 2 aromatic heterocycles.